The van der Waals surface area contributed by atoms with Gasteiger partial charge in [-0.2, -0.15) is 0 Å². The Labute approximate surface area is 126 Å². The molecule has 0 aliphatic carbocycles. The van der Waals surface area contributed by atoms with E-state index < -0.39 is 0 Å². The number of amidine groups is 1. The molecule has 0 aromatic heterocycles. The Balaban J connectivity index is 2.17. The first-order chi connectivity index (χ1) is 9.61. The summed E-state index contributed by atoms with van der Waals surface area (Å²) in [4.78, 5) is 0. The minimum atomic E-state index is 0.0798. The summed E-state index contributed by atoms with van der Waals surface area (Å²) in [7, 11) is 0. The summed E-state index contributed by atoms with van der Waals surface area (Å²) in [6.45, 7) is 2.36. The predicted octanol–water partition coefficient (Wildman–Crippen LogP) is 3.43. The van der Waals surface area contributed by atoms with Gasteiger partial charge in [-0.05, 0) is 30.7 Å². The highest BCUT2D eigenvalue weighted by molar-refractivity contribution is 9.10. The van der Waals surface area contributed by atoms with Crippen LogP contribution >= 0.6 is 15.9 Å². The van der Waals surface area contributed by atoms with Gasteiger partial charge in [-0.3, -0.25) is 0 Å². The molecule has 0 spiro atoms. The van der Waals surface area contributed by atoms with Gasteiger partial charge in [0, 0.05) is 15.6 Å². The van der Waals surface area contributed by atoms with Crippen LogP contribution in [0, 0.1) is 6.92 Å². The molecule has 0 heterocycles. The average Bonchev–Trinajstić information content (AvgIpc) is 2.48. The van der Waals surface area contributed by atoms with E-state index in [1.54, 1.807) is 6.07 Å². The monoisotopic (exact) mass is 334 g/mol. The van der Waals surface area contributed by atoms with Crippen molar-refractivity contribution in [1.29, 1.82) is 0 Å². The van der Waals surface area contributed by atoms with Crippen molar-refractivity contribution in [3.05, 3.63) is 63.6 Å². The minimum absolute atomic E-state index is 0.0798. The number of benzene rings is 2. The zero-order valence-corrected chi connectivity index (χ0v) is 12.6. The average molecular weight is 335 g/mol. The fraction of sp³-hybridized carbons (Fsp3) is 0.133. The second-order valence-corrected chi connectivity index (χ2v) is 5.20. The molecule has 0 saturated carbocycles. The zero-order chi connectivity index (χ0) is 14.5. The Kier molecular flexibility index (Phi) is 4.63. The first-order valence-electron chi connectivity index (χ1n) is 6.06. The van der Waals surface area contributed by atoms with Gasteiger partial charge >= 0.3 is 0 Å². The Morgan fingerprint density at radius 3 is 2.75 bits per heavy atom. The summed E-state index contributed by atoms with van der Waals surface area (Å²) < 4.78 is 6.79. The van der Waals surface area contributed by atoms with Gasteiger partial charge in [0.1, 0.15) is 12.4 Å². The van der Waals surface area contributed by atoms with Gasteiger partial charge < -0.3 is 15.7 Å². The third-order valence-corrected chi connectivity index (χ3v) is 3.81. The maximum absolute atomic E-state index is 8.78. The highest BCUT2D eigenvalue weighted by Gasteiger charge is 2.07. The minimum Gasteiger partial charge on any atom is -0.489 e. The molecule has 20 heavy (non-hydrogen) atoms. The largest absolute Gasteiger partial charge is 0.489 e. The summed E-state index contributed by atoms with van der Waals surface area (Å²) in [5.74, 6) is 0.858. The van der Waals surface area contributed by atoms with Gasteiger partial charge in [0.15, 0.2) is 5.84 Å². The molecule has 104 valence electrons. The number of oxime groups is 1. The highest BCUT2D eigenvalue weighted by Crippen LogP contribution is 2.22. The maximum Gasteiger partial charge on any atom is 0.170 e. The lowest BCUT2D eigenvalue weighted by Gasteiger charge is -2.11. The van der Waals surface area contributed by atoms with Crippen molar-refractivity contribution in [3.8, 4) is 5.75 Å². The molecule has 5 heteroatoms. The number of nitrogens with zero attached hydrogens (tertiary/aromatic N) is 1. The van der Waals surface area contributed by atoms with E-state index in [0.29, 0.717) is 12.2 Å². The lowest BCUT2D eigenvalue weighted by molar-refractivity contribution is 0.305. The van der Waals surface area contributed by atoms with Crippen molar-refractivity contribution < 1.29 is 9.94 Å². The number of halogens is 1. The van der Waals surface area contributed by atoms with E-state index in [-0.39, 0.29) is 5.84 Å². The van der Waals surface area contributed by atoms with Crippen LogP contribution in [0.25, 0.3) is 0 Å². The first-order valence-corrected chi connectivity index (χ1v) is 6.86. The molecule has 0 saturated heterocycles. The van der Waals surface area contributed by atoms with Crippen LogP contribution in [-0.4, -0.2) is 11.0 Å². The van der Waals surface area contributed by atoms with Crippen LogP contribution in [0.5, 0.6) is 5.75 Å². The van der Waals surface area contributed by atoms with E-state index in [4.69, 9.17) is 15.7 Å². The van der Waals surface area contributed by atoms with Gasteiger partial charge in [-0.15, -0.1) is 0 Å². The normalized spacial score (nSPS) is 11.4. The molecule has 0 radical (unpaired) electrons. The summed E-state index contributed by atoms with van der Waals surface area (Å²) in [6, 6.07) is 13.2. The third kappa shape index (κ3) is 3.30. The molecule has 4 nitrogen and oxygen atoms in total. The van der Waals surface area contributed by atoms with Crippen LogP contribution in [0.1, 0.15) is 16.7 Å². The molecule has 0 bridgehead atoms. The molecular weight excluding hydrogens is 320 g/mol. The molecule has 2 rings (SSSR count). The molecule has 0 aliphatic rings. The molecule has 0 unspecified atom stereocenters. The van der Waals surface area contributed by atoms with Crippen molar-refractivity contribution in [2.45, 2.75) is 13.5 Å². The van der Waals surface area contributed by atoms with Crippen molar-refractivity contribution in [2.24, 2.45) is 10.9 Å². The number of hydrogen-bond acceptors (Lipinski definition) is 3. The number of nitrogens with two attached hydrogens (primary N) is 1. The number of aryl methyl sites for hydroxylation is 1. The van der Waals surface area contributed by atoms with Crippen LogP contribution in [-0.2, 0) is 6.61 Å². The fourth-order valence-corrected chi connectivity index (χ4v) is 2.06. The molecule has 3 N–H and O–H groups in total. The van der Waals surface area contributed by atoms with Crippen molar-refractivity contribution >= 4 is 21.8 Å². The molecule has 0 aliphatic heterocycles. The van der Waals surface area contributed by atoms with Crippen LogP contribution in [0.15, 0.2) is 52.1 Å². The fourth-order valence-electron chi connectivity index (χ4n) is 1.82. The standard InChI is InChI=1S/C15H15BrN2O2/c1-10-8-12(6-7-14(10)16)20-9-11-4-2-3-5-13(11)15(17)18-19/h2-8,19H,9H2,1H3,(H2,17,18). The van der Waals surface area contributed by atoms with E-state index in [0.717, 1.165) is 21.3 Å². The number of rotatable bonds is 4. The second kappa shape index (κ2) is 6.43. The highest BCUT2D eigenvalue weighted by atomic mass is 79.9. The Bertz CT molecular complexity index is 642. The van der Waals surface area contributed by atoms with Gasteiger partial charge in [0.2, 0.25) is 0 Å². The van der Waals surface area contributed by atoms with Crippen molar-refractivity contribution in [2.75, 3.05) is 0 Å². The van der Waals surface area contributed by atoms with Crippen LogP contribution in [0.4, 0.5) is 0 Å². The Morgan fingerprint density at radius 2 is 2.05 bits per heavy atom. The molecular formula is C15H15BrN2O2. The van der Waals surface area contributed by atoms with Crippen molar-refractivity contribution in [1.82, 2.24) is 0 Å². The van der Waals surface area contributed by atoms with Gasteiger partial charge in [0.05, 0.1) is 0 Å². The van der Waals surface area contributed by atoms with Crippen LogP contribution < -0.4 is 10.5 Å². The lowest BCUT2D eigenvalue weighted by atomic mass is 10.1. The molecule has 0 fully saturated rings. The van der Waals surface area contributed by atoms with Crippen LogP contribution in [0.2, 0.25) is 0 Å². The van der Waals surface area contributed by atoms with E-state index >= 15 is 0 Å². The lowest BCUT2D eigenvalue weighted by Crippen LogP contribution is -2.16. The Morgan fingerprint density at radius 1 is 1.30 bits per heavy atom. The molecule has 2 aromatic rings. The number of ether oxygens (including phenoxy) is 1. The number of hydrogen-bond donors (Lipinski definition) is 2. The van der Waals surface area contributed by atoms with Crippen LogP contribution in [0.3, 0.4) is 0 Å². The topological polar surface area (TPSA) is 67.8 Å². The summed E-state index contributed by atoms with van der Waals surface area (Å²) in [5.41, 5.74) is 8.28. The summed E-state index contributed by atoms with van der Waals surface area (Å²) in [6.07, 6.45) is 0. The maximum atomic E-state index is 8.78. The van der Waals surface area contributed by atoms with E-state index in [1.165, 1.54) is 0 Å². The molecule has 0 atom stereocenters. The smallest absolute Gasteiger partial charge is 0.170 e. The van der Waals surface area contributed by atoms with Crippen molar-refractivity contribution in [3.63, 3.8) is 0 Å². The van der Waals surface area contributed by atoms with Gasteiger partial charge in [0.25, 0.3) is 0 Å². The second-order valence-electron chi connectivity index (χ2n) is 4.34. The molecule has 2 aromatic carbocycles. The Hall–Kier alpha value is -2.01. The zero-order valence-electron chi connectivity index (χ0n) is 11.0. The van der Waals surface area contributed by atoms with Gasteiger partial charge in [-0.1, -0.05) is 45.4 Å². The van der Waals surface area contributed by atoms with E-state index in [1.807, 2.05) is 43.3 Å². The van der Waals surface area contributed by atoms with Gasteiger partial charge in [-0.25, -0.2) is 0 Å². The molecule has 0 amide bonds. The SMILES string of the molecule is Cc1cc(OCc2ccccc2/C(N)=N/O)ccc1Br. The first kappa shape index (κ1) is 14.4. The third-order valence-electron chi connectivity index (χ3n) is 2.92. The summed E-state index contributed by atoms with van der Waals surface area (Å²) in [5, 5.41) is 11.8. The summed E-state index contributed by atoms with van der Waals surface area (Å²) >= 11 is 3.45. The predicted molar refractivity (Wildman–Crippen MR) is 82.2 cm³/mol. The quantitative estimate of drug-likeness (QED) is 0.389. The van der Waals surface area contributed by atoms with E-state index in [2.05, 4.69) is 21.1 Å². The van der Waals surface area contributed by atoms with E-state index in [9.17, 15) is 0 Å².